The Hall–Kier alpha value is -3.14. The van der Waals surface area contributed by atoms with Crippen LogP contribution in [-0.2, 0) is 16.4 Å². The van der Waals surface area contributed by atoms with Gasteiger partial charge in [-0.25, -0.2) is 22.0 Å². The second-order valence-corrected chi connectivity index (χ2v) is 9.74. The number of aromatic nitrogens is 2. The third-order valence-corrected chi connectivity index (χ3v) is 6.11. The van der Waals surface area contributed by atoms with Crippen molar-refractivity contribution < 1.29 is 26.7 Å². The van der Waals surface area contributed by atoms with E-state index in [1.165, 1.54) is 11.7 Å². The summed E-state index contributed by atoms with van der Waals surface area (Å²) in [6.45, 7) is 5.00. The fraction of sp³-hybridized carbons (Fsp3) is 0.348. The van der Waals surface area contributed by atoms with Gasteiger partial charge >= 0.3 is 5.69 Å². The van der Waals surface area contributed by atoms with Crippen molar-refractivity contribution >= 4 is 26.9 Å². The predicted octanol–water partition coefficient (Wildman–Crippen LogP) is 3.75. The largest absolute Gasteiger partial charge is 0.493 e. The van der Waals surface area contributed by atoms with Gasteiger partial charge in [-0.05, 0) is 42.3 Å². The van der Waals surface area contributed by atoms with Gasteiger partial charge in [-0.3, -0.25) is 9.13 Å². The molecule has 3 aromatic rings. The molecule has 1 atom stereocenters. The van der Waals surface area contributed by atoms with Crippen LogP contribution in [-0.4, -0.2) is 49.7 Å². The molecule has 0 unspecified atom stereocenters. The van der Waals surface area contributed by atoms with Gasteiger partial charge < -0.3 is 9.47 Å². The number of halogens is 2. The highest BCUT2D eigenvalue weighted by Gasteiger charge is 2.27. The Morgan fingerprint density at radius 2 is 1.85 bits per heavy atom. The average Bonchev–Trinajstić information content (AvgIpc) is 3.02. The van der Waals surface area contributed by atoms with E-state index < -0.39 is 40.3 Å². The standard InChI is InChI=1S/C23H26F2N2O5S/c1-5-15-7-9-17-18(11-15)26(13-22(24)25)23(28)27(17)19(14-33(4,29)30)16-8-10-20(31-3)21(12-16)32-6-2/h5,7-12,19,22H,1,6,13-14H2,2-4H3/t19-/m0/s1. The molecule has 33 heavy (non-hydrogen) atoms. The van der Waals surface area contributed by atoms with E-state index in [0.29, 0.717) is 34.7 Å². The summed E-state index contributed by atoms with van der Waals surface area (Å²) in [6, 6.07) is 8.77. The predicted molar refractivity (Wildman–Crippen MR) is 124 cm³/mol. The summed E-state index contributed by atoms with van der Waals surface area (Å²) >= 11 is 0. The molecule has 7 nitrogen and oxygen atoms in total. The van der Waals surface area contributed by atoms with Gasteiger partial charge in [-0.2, -0.15) is 0 Å². The Bertz CT molecular complexity index is 1330. The van der Waals surface area contributed by atoms with Crippen molar-refractivity contribution in [1.82, 2.24) is 9.13 Å². The smallest absolute Gasteiger partial charge is 0.329 e. The van der Waals surface area contributed by atoms with E-state index in [1.54, 1.807) is 49.4 Å². The van der Waals surface area contributed by atoms with Crippen LogP contribution in [0.5, 0.6) is 11.5 Å². The lowest BCUT2D eigenvalue weighted by Crippen LogP contribution is -2.32. The minimum atomic E-state index is -3.58. The molecule has 0 amide bonds. The van der Waals surface area contributed by atoms with Gasteiger partial charge in [0.05, 0.1) is 43.1 Å². The number of sulfone groups is 1. The summed E-state index contributed by atoms with van der Waals surface area (Å²) in [6.07, 6.45) is -0.167. The molecule has 0 bridgehead atoms. The molecule has 178 valence electrons. The van der Waals surface area contributed by atoms with Crippen molar-refractivity contribution in [2.45, 2.75) is 25.9 Å². The molecule has 1 heterocycles. The highest BCUT2D eigenvalue weighted by molar-refractivity contribution is 7.90. The second-order valence-electron chi connectivity index (χ2n) is 7.56. The van der Waals surface area contributed by atoms with Gasteiger partial charge in [-0.15, -0.1) is 0 Å². The lowest BCUT2D eigenvalue weighted by molar-refractivity contribution is 0.126. The number of nitrogens with zero attached hydrogens (tertiary/aromatic N) is 2. The van der Waals surface area contributed by atoms with E-state index in [4.69, 9.17) is 9.47 Å². The molecule has 0 aliphatic heterocycles. The van der Waals surface area contributed by atoms with Crippen LogP contribution in [0.2, 0.25) is 0 Å². The Balaban J connectivity index is 2.33. The Morgan fingerprint density at radius 3 is 2.42 bits per heavy atom. The van der Waals surface area contributed by atoms with Crippen molar-refractivity contribution in [2.24, 2.45) is 0 Å². The highest BCUT2D eigenvalue weighted by Crippen LogP contribution is 2.33. The molecule has 0 N–H and O–H groups in total. The van der Waals surface area contributed by atoms with Crippen molar-refractivity contribution in [3.63, 3.8) is 0 Å². The Labute approximate surface area is 190 Å². The number of ether oxygens (including phenoxy) is 2. The fourth-order valence-corrected chi connectivity index (χ4v) is 4.73. The minimum absolute atomic E-state index is 0.273. The molecule has 0 saturated heterocycles. The van der Waals surface area contributed by atoms with E-state index in [-0.39, 0.29) is 5.52 Å². The zero-order chi connectivity index (χ0) is 24.3. The Kier molecular flexibility index (Phi) is 7.26. The van der Waals surface area contributed by atoms with Crippen molar-refractivity contribution in [1.29, 1.82) is 0 Å². The van der Waals surface area contributed by atoms with Crippen molar-refractivity contribution in [3.05, 3.63) is 64.6 Å². The minimum Gasteiger partial charge on any atom is -0.493 e. The van der Waals surface area contributed by atoms with Crippen molar-refractivity contribution in [3.8, 4) is 11.5 Å². The van der Waals surface area contributed by atoms with Gasteiger partial charge in [0.25, 0.3) is 6.43 Å². The monoisotopic (exact) mass is 480 g/mol. The molecule has 1 aromatic heterocycles. The van der Waals surface area contributed by atoms with Crippen LogP contribution in [0.25, 0.3) is 17.1 Å². The van der Waals surface area contributed by atoms with Gasteiger partial charge in [0, 0.05) is 6.26 Å². The van der Waals surface area contributed by atoms with Crippen LogP contribution in [0.1, 0.15) is 24.1 Å². The molecule has 0 radical (unpaired) electrons. The number of rotatable bonds is 10. The molecular weight excluding hydrogens is 454 g/mol. The van der Waals surface area contributed by atoms with Gasteiger partial charge in [-0.1, -0.05) is 24.8 Å². The van der Waals surface area contributed by atoms with Gasteiger partial charge in [0.15, 0.2) is 11.5 Å². The van der Waals surface area contributed by atoms with Crippen LogP contribution in [0.4, 0.5) is 8.78 Å². The first-order chi connectivity index (χ1) is 15.6. The molecule has 3 rings (SSSR count). The molecule has 10 heteroatoms. The molecule has 2 aromatic carbocycles. The third kappa shape index (κ3) is 5.27. The van der Waals surface area contributed by atoms with E-state index in [1.807, 2.05) is 0 Å². The van der Waals surface area contributed by atoms with E-state index >= 15 is 0 Å². The molecule has 0 aliphatic carbocycles. The number of imidazole rings is 1. The second kappa shape index (κ2) is 9.78. The first kappa shape index (κ1) is 24.5. The summed E-state index contributed by atoms with van der Waals surface area (Å²) < 4.78 is 64.5. The van der Waals surface area contributed by atoms with E-state index in [0.717, 1.165) is 10.8 Å². The van der Waals surface area contributed by atoms with E-state index in [9.17, 15) is 22.0 Å². The zero-order valence-electron chi connectivity index (χ0n) is 18.6. The normalized spacial score (nSPS) is 12.8. The maximum absolute atomic E-state index is 13.4. The summed E-state index contributed by atoms with van der Waals surface area (Å²) in [7, 11) is -2.10. The molecule has 0 spiro atoms. The quantitative estimate of drug-likeness (QED) is 0.442. The number of hydrogen-bond donors (Lipinski definition) is 0. The topological polar surface area (TPSA) is 79.5 Å². The first-order valence-electron chi connectivity index (χ1n) is 10.2. The first-order valence-corrected chi connectivity index (χ1v) is 12.3. The van der Waals surface area contributed by atoms with Crippen LogP contribution in [0.3, 0.4) is 0 Å². The summed E-state index contributed by atoms with van der Waals surface area (Å²) in [5.74, 6) is 0.415. The molecule has 0 aliphatic rings. The lowest BCUT2D eigenvalue weighted by Gasteiger charge is -2.20. The maximum atomic E-state index is 13.4. The Morgan fingerprint density at radius 1 is 1.12 bits per heavy atom. The van der Waals surface area contributed by atoms with Crippen molar-refractivity contribution in [2.75, 3.05) is 25.7 Å². The lowest BCUT2D eigenvalue weighted by atomic mass is 10.1. The van der Waals surface area contributed by atoms with Crippen LogP contribution in [0.15, 0.2) is 47.8 Å². The summed E-state index contributed by atoms with van der Waals surface area (Å²) in [4.78, 5) is 13.4. The number of methoxy groups -OCH3 is 1. The summed E-state index contributed by atoms with van der Waals surface area (Å²) in [5.41, 5.74) is 0.999. The number of hydrogen-bond acceptors (Lipinski definition) is 5. The van der Waals surface area contributed by atoms with Crippen LogP contribution in [0, 0.1) is 0 Å². The molecule has 0 saturated carbocycles. The maximum Gasteiger partial charge on any atom is 0.329 e. The SMILES string of the molecule is C=Cc1ccc2c(c1)n(CC(F)F)c(=O)n2[C@@H](CS(C)(=O)=O)c1ccc(OC)c(OCC)c1. The molecule has 0 fully saturated rings. The van der Waals surface area contributed by atoms with Crippen LogP contribution < -0.4 is 15.2 Å². The zero-order valence-corrected chi connectivity index (χ0v) is 19.4. The fourth-order valence-electron chi connectivity index (χ4n) is 3.81. The number of alkyl halides is 2. The highest BCUT2D eigenvalue weighted by atomic mass is 32.2. The van der Waals surface area contributed by atoms with Crippen LogP contribution >= 0.6 is 0 Å². The van der Waals surface area contributed by atoms with Gasteiger partial charge in [0.2, 0.25) is 0 Å². The van der Waals surface area contributed by atoms with E-state index in [2.05, 4.69) is 6.58 Å². The van der Waals surface area contributed by atoms with Gasteiger partial charge in [0.1, 0.15) is 9.84 Å². The third-order valence-electron chi connectivity index (χ3n) is 5.19. The average molecular weight is 481 g/mol. The number of benzene rings is 2. The summed E-state index contributed by atoms with van der Waals surface area (Å²) in [5, 5.41) is 0. The molecular formula is C23H26F2N2O5S. The number of fused-ring (bicyclic) bond motifs is 1.